The van der Waals surface area contributed by atoms with Crippen LogP contribution in [0.3, 0.4) is 0 Å². The van der Waals surface area contributed by atoms with Crippen molar-refractivity contribution in [2.24, 2.45) is 5.92 Å². The summed E-state index contributed by atoms with van der Waals surface area (Å²) in [4.78, 5) is 3.60. The number of piperidine rings is 1. The van der Waals surface area contributed by atoms with Gasteiger partial charge in [0.15, 0.2) is 0 Å². The highest BCUT2D eigenvalue weighted by atomic mass is 32.2. The first kappa shape index (κ1) is 28.1. The largest absolute Gasteiger partial charge is 0.303 e. The Labute approximate surface area is 239 Å². The van der Waals surface area contributed by atoms with E-state index < -0.39 is 0 Å². The number of aryl methyl sites for hydroxylation is 2. The van der Waals surface area contributed by atoms with E-state index in [4.69, 9.17) is 10.8 Å². The SMILES string of the molecule is CN(CC1(CCN2CCC(CCCc3ccccc3)CC2)CCCc2ccccc21)SC1=CC=CC(=N)C1=N. The first-order valence-electron chi connectivity index (χ1n) is 14.8. The number of nitrogens with one attached hydrogen (secondary N) is 2. The van der Waals surface area contributed by atoms with Crippen LogP contribution in [0.15, 0.2) is 77.7 Å². The minimum atomic E-state index is 0.129. The molecule has 2 aromatic carbocycles. The molecule has 2 aliphatic carbocycles. The van der Waals surface area contributed by atoms with Gasteiger partial charge >= 0.3 is 0 Å². The number of allylic oxidation sites excluding steroid dienone is 4. The molecule has 1 saturated heterocycles. The molecule has 206 valence electrons. The number of likely N-dealkylation sites (tertiary alicyclic amines) is 1. The third-order valence-corrected chi connectivity index (χ3v) is 10.0. The van der Waals surface area contributed by atoms with Crippen molar-refractivity contribution in [3.8, 4) is 0 Å². The van der Waals surface area contributed by atoms with Crippen molar-refractivity contribution in [1.29, 1.82) is 10.8 Å². The van der Waals surface area contributed by atoms with Gasteiger partial charge in [-0.2, -0.15) is 0 Å². The van der Waals surface area contributed by atoms with Crippen molar-refractivity contribution in [3.05, 3.63) is 94.4 Å². The third kappa shape index (κ3) is 7.19. The van der Waals surface area contributed by atoms with E-state index in [1.165, 1.54) is 82.0 Å². The fourth-order valence-corrected chi connectivity index (χ4v) is 7.84. The first-order chi connectivity index (χ1) is 19.0. The Hall–Kier alpha value is -2.47. The van der Waals surface area contributed by atoms with Crippen LogP contribution in [0.1, 0.15) is 61.6 Å². The molecular formula is C34H44N4S. The first-order valence-corrected chi connectivity index (χ1v) is 15.6. The molecule has 0 amide bonds. The summed E-state index contributed by atoms with van der Waals surface area (Å²) in [6.07, 6.45) is 17.0. The van der Waals surface area contributed by atoms with Gasteiger partial charge in [-0.05, 0) is 125 Å². The van der Waals surface area contributed by atoms with E-state index in [1.54, 1.807) is 23.6 Å². The molecule has 0 saturated carbocycles. The lowest BCUT2D eigenvalue weighted by Gasteiger charge is -2.43. The second kappa shape index (κ2) is 13.3. The average Bonchev–Trinajstić information content (AvgIpc) is 2.96. The van der Waals surface area contributed by atoms with Gasteiger partial charge in [-0.3, -0.25) is 10.8 Å². The molecule has 1 heterocycles. The fourth-order valence-electron chi connectivity index (χ4n) is 6.85. The number of hydrogen-bond acceptors (Lipinski definition) is 5. The second-order valence-corrected chi connectivity index (χ2v) is 13.0. The highest BCUT2D eigenvalue weighted by molar-refractivity contribution is 8.02. The highest BCUT2D eigenvalue weighted by Gasteiger charge is 2.38. The Kier molecular flexibility index (Phi) is 9.54. The van der Waals surface area contributed by atoms with E-state index in [2.05, 4.69) is 70.9 Å². The van der Waals surface area contributed by atoms with Crippen LogP contribution < -0.4 is 0 Å². The number of hydrogen-bond donors (Lipinski definition) is 2. The maximum atomic E-state index is 8.35. The summed E-state index contributed by atoms with van der Waals surface area (Å²) in [5.41, 5.74) is 5.30. The van der Waals surface area contributed by atoms with Gasteiger partial charge in [0.1, 0.15) is 0 Å². The van der Waals surface area contributed by atoms with Crippen LogP contribution in [0, 0.1) is 16.7 Å². The lowest BCUT2D eigenvalue weighted by molar-refractivity contribution is 0.153. The van der Waals surface area contributed by atoms with Gasteiger partial charge < -0.3 is 4.90 Å². The lowest BCUT2D eigenvalue weighted by Crippen LogP contribution is -2.44. The highest BCUT2D eigenvalue weighted by Crippen LogP contribution is 2.42. The van der Waals surface area contributed by atoms with Crippen LogP contribution in [-0.4, -0.2) is 53.9 Å². The van der Waals surface area contributed by atoms with Crippen LogP contribution in [0.2, 0.25) is 0 Å². The Bertz CT molecular complexity index is 1190. The normalized spacial score (nSPS) is 22.3. The predicted octanol–water partition coefficient (Wildman–Crippen LogP) is 7.46. The molecule has 0 radical (unpaired) electrons. The molecule has 0 bridgehead atoms. The Morgan fingerprint density at radius 2 is 1.79 bits per heavy atom. The number of nitrogens with zero attached hydrogens (tertiary/aromatic N) is 2. The molecule has 2 aromatic rings. The summed E-state index contributed by atoms with van der Waals surface area (Å²) in [5, 5.41) is 16.4. The summed E-state index contributed by atoms with van der Waals surface area (Å²) in [7, 11) is 2.17. The molecule has 5 heteroatoms. The van der Waals surface area contributed by atoms with Gasteiger partial charge in [0.2, 0.25) is 0 Å². The zero-order chi connectivity index (χ0) is 27.1. The van der Waals surface area contributed by atoms with Crippen LogP contribution in [-0.2, 0) is 18.3 Å². The fraction of sp³-hybridized carbons (Fsp3) is 0.471. The van der Waals surface area contributed by atoms with E-state index in [9.17, 15) is 0 Å². The van der Waals surface area contributed by atoms with Gasteiger partial charge in [0.05, 0.1) is 16.3 Å². The van der Waals surface area contributed by atoms with Crippen molar-refractivity contribution < 1.29 is 0 Å². The van der Waals surface area contributed by atoms with Gasteiger partial charge in [-0.15, -0.1) is 0 Å². The summed E-state index contributed by atoms with van der Waals surface area (Å²) in [6, 6.07) is 20.1. The van der Waals surface area contributed by atoms with Crippen LogP contribution >= 0.6 is 11.9 Å². The van der Waals surface area contributed by atoms with E-state index in [0.29, 0.717) is 11.4 Å². The van der Waals surface area contributed by atoms with Gasteiger partial charge in [0, 0.05) is 12.0 Å². The molecule has 3 aliphatic rings. The molecule has 1 atom stereocenters. The van der Waals surface area contributed by atoms with Crippen LogP contribution in [0.25, 0.3) is 0 Å². The van der Waals surface area contributed by atoms with Gasteiger partial charge in [-0.1, -0.05) is 67.1 Å². The Morgan fingerprint density at radius 1 is 1.03 bits per heavy atom. The van der Waals surface area contributed by atoms with Gasteiger partial charge in [-0.25, -0.2) is 4.31 Å². The molecule has 1 fully saturated rings. The molecule has 1 aliphatic heterocycles. The lowest BCUT2D eigenvalue weighted by atomic mass is 9.67. The van der Waals surface area contributed by atoms with Crippen molar-refractivity contribution >= 4 is 23.4 Å². The molecule has 4 nitrogen and oxygen atoms in total. The topological polar surface area (TPSA) is 54.2 Å². The number of rotatable bonds is 11. The van der Waals surface area contributed by atoms with Crippen LogP contribution in [0.5, 0.6) is 0 Å². The maximum absolute atomic E-state index is 8.35. The maximum Gasteiger partial charge on any atom is 0.0938 e. The molecule has 39 heavy (non-hydrogen) atoms. The molecule has 2 N–H and O–H groups in total. The molecule has 5 rings (SSSR count). The molecular weight excluding hydrogens is 496 g/mol. The minimum Gasteiger partial charge on any atom is -0.303 e. The monoisotopic (exact) mass is 540 g/mol. The Balaban J connectivity index is 1.18. The number of benzene rings is 2. The summed E-state index contributed by atoms with van der Waals surface area (Å²) < 4.78 is 2.33. The van der Waals surface area contributed by atoms with E-state index in [0.717, 1.165) is 23.9 Å². The predicted molar refractivity (Wildman–Crippen MR) is 167 cm³/mol. The molecule has 1 unspecified atom stereocenters. The summed E-state index contributed by atoms with van der Waals surface area (Å²) >= 11 is 1.63. The van der Waals surface area contributed by atoms with E-state index >= 15 is 0 Å². The quantitative estimate of drug-likeness (QED) is 0.230. The van der Waals surface area contributed by atoms with Crippen molar-refractivity contribution in [2.75, 3.05) is 33.2 Å². The van der Waals surface area contributed by atoms with Crippen molar-refractivity contribution in [3.63, 3.8) is 0 Å². The summed E-state index contributed by atoms with van der Waals surface area (Å²) in [5.74, 6) is 0.878. The number of fused-ring (bicyclic) bond motifs is 1. The van der Waals surface area contributed by atoms with Crippen molar-refractivity contribution in [2.45, 2.75) is 63.2 Å². The summed E-state index contributed by atoms with van der Waals surface area (Å²) in [6.45, 7) is 4.59. The zero-order valence-corrected chi connectivity index (χ0v) is 24.3. The van der Waals surface area contributed by atoms with E-state index in [1.807, 2.05) is 12.2 Å². The van der Waals surface area contributed by atoms with Gasteiger partial charge in [0.25, 0.3) is 0 Å². The van der Waals surface area contributed by atoms with Crippen molar-refractivity contribution in [1.82, 2.24) is 9.21 Å². The number of likely N-dealkylation sites (N-methyl/N-ethyl adjacent to an activating group) is 1. The standard InChI is InChI=1S/C34H44N4S/c1-37(39-32-18-8-17-31(35)33(32)36)26-34(21-9-15-29-14-5-6-16-30(29)34)22-25-38-23-19-28(20-24-38)13-7-12-27-10-3-2-4-11-27/h2-6,8,10-11,14,16-18,28,35-36H,7,9,12-13,15,19-26H2,1H3. The minimum absolute atomic E-state index is 0.129. The molecule has 0 aromatic heterocycles. The second-order valence-electron chi connectivity index (χ2n) is 11.8. The zero-order valence-electron chi connectivity index (χ0n) is 23.5. The van der Waals surface area contributed by atoms with Crippen LogP contribution in [0.4, 0.5) is 0 Å². The Morgan fingerprint density at radius 3 is 2.62 bits per heavy atom. The smallest absolute Gasteiger partial charge is 0.0938 e. The molecule has 0 spiro atoms. The van der Waals surface area contributed by atoms with E-state index in [-0.39, 0.29) is 5.41 Å². The average molecular weight is 541 g/mol. The third-order valence-electron chi connectivity index (χ3n) is 9.03.